The zero-order valence-corrected chi connectivity index (χ0v) is 13.5. The Hall–Kier alpha value is -1.71. The van der Waals surface area contributed by atoms with Gasteiger partial charge < -0.3 is 15.1 Å². The third-order valence-electron chi connectivity index (χ3n) is 3.64. The van der Waals surface area contributed by atoms with Crippen molar-refractivity contribution in [2.45, 2.75) is 20.8 Å². The molecule has 0 radical (unpaired) electrons. The van der Waals surface area contributed by atoms with Crippen LogP contribution in [0.4, 0.5) is 5.69 Å². The Morgan fingerprint density at radius 1 is 1.14 bits per heavy atom. The average Bonchev–Trinajstić information content (AvgIpc) is 2.52. The van der Waals surface area contributed by atoms with Crippen LogP contribution in [0.15, 0.2) is 35.3 Å². The van der Waals surface area contributed by atoms with Gasteiger partial charge in [-0.2, -0.15) is 0 Å². The molecule has 0 unspecified atom stereocenters. The molecule has 0 atom stereocenters. The lowest BCUT2D eigenvalue weighted by Crippen LogP contribution is -2.52. The van der Waals surface area contributed by atoms with E-state index in [1.165, 1.54) is 5.69 Å². The molecule has 0 amide bonds. The summed E-state index contributed by atoms with van der Waals surface area (Å²) in [4.78, 5) is 9.57. The standard InChI is InChI=1S/C17H28N4/c1-4-18-17(19-14-15(2)3)21-12-10-20(11-13-21)16-8-6-5-7-9-16/h5-9,15H,4,10-14H2,1-3H3,(H,18,19). The first-order chi connectivity index (χ1) is 10.2. The summed E-state index contributed by atoms with van der Waals surface area (Å²) in [6.45, 7) is 12.5. The summed E-state index contributed by atoms with van der Waals surface area (Å²) in [5, 5.41) is 3.42. The van der Waals surface area contributed by atoms with E-state index < -0.39 is 0 Å². The van der Waals surface area contributed by atoms with Crippen molar-refractivity contribution in [1.82, 2.24) is 10.2 Å². The summed E-state index contributed by atoms with van der Waals surface area (Å²) in [7, 11) is 0. The molecule has 4 heteroatoms. The van der Waals surface area contributed by atoms with Gasteiger partial charge in [0.2, 0.25) is 0 Å². The zero-order valence-electron chi connectivity index (χ0n) is 13.5. The van der Waals surface area contributed by atoms with Crippen molar-refractivity contribution in [2.24, 2.45) is 10.9 Å². The Balaban J connectivity index is 1.93. The summed E-state index contributed by atoms with van der Waals surface area (Å²) < 4.78 is 0. The Kier molecular flexibility index (Phi) is 5.90. The van der Waals surface area contributed by atoms with Gasteiger partial charge in [-0.3, -0.25) is 4.99 Å². The zero-order chi connectivity index (χ0) is 15.1. The molecular weight excluding hydrogens is 260 g/mol. The molecule has 1 N–H and O–H groups in total. The monoisotopic (exact) mass is 288 g/mol. The van der Waals surface area contributed by atoms with Gasteiger partial charge >= 0.3 is 0 Å². The molecule has 1 aliphatic heterocycles. The van der Waals surface area contributed by atoms with E-state index in [4.69, 9.17) is 4.99 Å². The molecule has 0 saturated carbocycles. The lowest BCUT2D eigenvalue weighted by Gasteiger charge is -2.37. The van der Waals surface area contributed by atoms with Crippen LogP contribution in [0.25, 0.3) is 0 Å². The van der Waals surface area contributed by atoms with Gasteiger partial charge in [0.05, 0.1) is 0 Å². The topological polar surface area (TPSA) is 30.9 Å². The Morgan fingerprint density at radius 2 is 1.81 bits per heavy atom. The predicted octanol–water partition coefficient (Wildman–Crippen LogP) is 2.43. The lowest BCUT2D eigenvalue weighted by molar-refractivity contribution is 0.371. The molecule has 0 bridgehead atoms. The van der Waals surface area contributed by atoms with Crippen molar-refractivity contribution in [2.75, 3.05) is 44.2 Å². The molecule has 1 aromatic carbocycles. The Morgan fingerprint density at radius 3 is 2.38 bits per heavy atom. The van der Waals surface area contributed by atoms with Crippen LogP contribution >= 0.6 is 0 Å². The van der Waals surface area contributed by atoms with Crippen LogP contribution < -0.4 is 10.2 Å². The van der Waals surface area contributed by atoms with Crippen molar-refractivity contribution >= 4 is 11.6 Å². The molecule has 1 aromatic rings. The summed E-state index contributed by atoms with van der Waals surface area (Å²) in [5.74, 6) is 1.67. The second kappa shape index (κ2) is 7.91. The van der Waals surface area contributed by atoms with Gasteiger partial charge in [-0.05, 0) is 25.0 Å². The predicted molar refractivity (Wildman–Crippen MR) is 91.0 cm³/mol. The molecule has 21 heavy (non-hydrogen) atoms. The number of rotatable bonds is 4. The van der Waals surface area contributed by atoms with E-state index in [-0.39, 0.29) is 0 Å². The highest BCUT2D eigenvalue weighted by molar-refractivity contribution is 5.80. The van der Waals surface area contributed by atoms with Gasteiger partial charge in [0.1, 0.15) is 0 Å². The lowest BCUT2D eigenvalue weighted by atomic mass is 10.2. The van der Waals surface area contributed by atoms with Crippen LogP contribution in [0.5, 0.6) is 0 Å². The number of aliphatic imine (C=N–C) groups is 1. The minimum Gasteiger partial charge on any atom is -0.368 e. The average molecular weight is 288 g/mol. The van der Waals surface area contributed by atoms with E-state index in [9.17, 15) is 0 Å². The van der Waals surface area contributed by atoms with E-state index in [1.54, 1.807) is 0 Å². The fraction of sp³-hybridized carbons (Fsp3) is 0.588. The molecule has 1 heterocycles. The number of nitrogens with zero attached hydrogens (tertiary/aromatic N) is 3. The number of piperazine rings is 1. The molecule has 2 rings (SSSR count). The third-order valence-corrected chi connectivity index (χ3v) is 3.64. The SMILES string of the molecule is CCNC(=NCC(C)C)N1CCN(c2ccccc2)CC1. The maximum Gasteiger partial charge on any atom is 0.194 e. The fourth-order valence-electron chi connectivity index (χ4n) is 2.51. The van der Waals surface area contributed by atoms with Gasteiger partial charge in [-0.1, -0.05) is 32.0 Å². The molecule has 1 aliphatic rings. The minimum atomic E-state index is 0.601. The number of anilines is 1. The summed E-state index contributed by atoms with van der Waals surface area (Å²) >= 11 is 0. The van der Waals surface area contributed by atoms with E-state index in [1.807, 2.05) is 0 Å². The Bertz CT molecular complexity index is 433. The smallest absolute Gasteiger partial charge is 0.194 e. The van der Waals surface area contributed by atoms with Gasteiger partial charge in [0.25, 0.3) is 0 Å². The quantitative estimate of drug-likeness (QED) is 0.682. The van der Waals surface area contributed by atoms with Crippen LogP contribution in [0.3, 0.4) is 0 Å². The molecule has 116 valence electrons. The van der Waals surface area contributed by atoms with Crippen molar-refractivity contribution in [3.8, 4) is 0 Å². The molecule has 1 saturated heterocycles. The molecule has 0 spiro atoms. The fourth-order valence-corrected chi connectivity index (χ4v) is 2.51. The van der Waals surface area contributed by atoms with E-state index in [2.05, 4.69) is 66.2 Å². The highest BCUT2D eigenvalue weighted by Crippen LogP contribution is 2.15. The number of guanidine groups is 1. The molecular formula is C17H28N4. The summed E-state index contributed by atoms with van der Waals surface area (Å²) in [5.41, 5.74) is 1.32. The van der Waals surface area contributed by atoms with Crippen LogP contribution in [0.1, 0.15) is 20.8 Å². The molecule has 0 aromatic heterocycles. The number of benzene rings is 1. The maximum absolute atomic E-state index is 4.75. The van der Waals surface area contributed by atoms with Crippen molar-refractivity contribution in [3.05, 3.63) is 30.3 Å². The van der Waals surface area contributed by atoms with Gasteiger partial charge in [0, 0.05) is 45.0 Å². The highest BCUT2D eigenvalue weighted by atomic mass is 15.3. The normalized spacial score (nSPS) is 16.5. The maximum atomic E-state index is 4.75. The van der Waals surface area contributed by atoms with Crippen LogP contribution in [0, 0.1) is 5.92 Å². The number of hydrogen-bond donors (Lipinski definition) is 1. The summed E-state index contributed by atoms with van der Waals surface area (Å²) in [6, 6.07) is 10.7. The number of para-hydroxylation sites is 1. The van der Waals surface area contributed by atoms with Gasteiger partial charge in [0.15, 0.2) is 5.96 Å². The largest absolute Gasteiger partial charge is 0.368 e. The van der Waals surface area contributed by atoms with Crippen molar-refractivity contribution in [1.29, 1.82) is 0 Å². The first-order valence-electron chi connectivity index (χ1n) is 8.04. The van der Waals surface area contributed by atoms with E-state index >= 15 is 0 Å². The first-order valence-corrected chi connectivity index (χ1v) is 8.04. The summed E-state index contributed by atoms with van der Waals surface area (Å²) in [6.07, 6.45) is 0. The molecule has 4 nitrogen and oxygen atoms in total. The minimum absolute atomic E-state index is 0.601. The van der Waals surface area contributed by atoms with Crippen LogP contribution in [-0.2, 0) is 0 Å². The molecule has 1 fully saturated rings. The van der Waals surface area contributed by atoms with Gasteiger partial charge in [-0.25, -0.2) is 0 Å². The second-order valence-corrected chi connectivity index (χ2v) is 5.90. The Labute approximate surface area is 128 Å². The van der Waals surface area contributed by atoms with Crippen molar-refractivity contribution < 1.29 is 0 Å². The highest BCUT2D eigenvalue weighted by Gasteiger charge is 2.19. The van der Waals surface area contributed by atoms with E-state index in [0.29, 0.717) is 5.92 Å². The van der Waals surface area contributed by atoms with E-state index in [0.717, 1.165) is 45.2 Å². The van der Waals surface area contributed by atoms with Crippen molar-refractivity contribution in [3.63, 3.8) is 0 Å². The van der Waals surface area contributed by atoms with Crippen LogP contribution in [-0.4, -0.2) is 50.1 Å². The van der Waals surface area contributed by atoms with Crippen LogP contribution in [0.2, 0.25) is 0 Å². The van der Waals surface area contributed by atoms with Gasteiger partial charge in [-0.15, -0.1) is 0 Å². The molecule has 0 aliphatic carbocycles. The number of nitrogens with one attached hydrogen (secondary N) is 1. The third kappa shape index (κ3) is 4.66. The first kappa shape index (κ1) is 15.7. The number of hydrogen-bond acceptors (Lipinski definition) is 2. The second-order valence-electron chi connectivity index (χ2n) is 5.90.